The minimum atomic E-state index is 0.629. The topological polar surface area (TPSA) is 56.5 Å². The molecule has 5 nitrogen and oxygen atoms in total. The molecule has 0 atom stereocenters. The molecule has 0 saturated carbocycles. The van der Waals surface area contributed by atoms with Crippen LogP contribution in [-0.2, 0) is 0 Å². The Kier molecular flexibility index (Phi) is 6.97. The summed E-state index contributed by atoms with van der Waals surface area (Å²) in [5, 5.41) is 5.99. The van der Waals surface area contributed by atoms with Gasteiger partial charge in [-0.25, -0.2) is 19.9 Å². The number of rotatable bonds is 5. The van der Waals surface area contributed by atoms with E-state index < -0.39 is 0 Å². The summed E-state index contributed by atoms with van der Waals surface area (Å²) < 4.78 is 4.70. The van der Waals surface area contributed by atoms with Gasteiger partial charge in [-0.1, -0.05) is 115 Å². The van der Waals surface area contributed by atoms with E-state index in [1.165, 1.54) is 42.0 Å². The third-order valence-electron chi connectivity index (χ3n) is 10.2. The fourth-order valence-electron chi connectivity index (χ4n) is 7.73. The molecule has 0 spiro atoms. The zero-order valence-electron chi connectivity index (χ0n) is 28.9. The molecule has 11 aromatic rings. The largest absolute Gasteiger partial charge is 0.309 e. The Hall–Kier alpha value is -7.02. The third kappa shape index (κ3) is 4.92. The molecule has 0 saturated heterocycles. The molecule has 0 aliphatic heterocycles. The molecule has 0 bridgehead atoms. The first-order chi connectivity index (χ1) is 26.8. The maximum absolute atomic E-state index is 5.17. The molecule has 11 rings (SSSR count). The summed E-state index contributed by atoms with van der Waals surface area (Å²) >= 11 is 1.79. The smallest absolute Gasteiger partial charge is 0.164 e. The molecular formula is C48H29N5S. The molecule has 0 N–H and O–H groups in total. The number of nitrogens with zero attached hydrogens (tertiary/aromatic N) is 5. The molecule has 0 amide bonds. The van der Waals surface area contributed by atoms with E-state index in [9.17, 15) is 0 Å². The lowest BCUT2D eigenvalue weighted by Gasteiger charge is -2.11. The van der Waals surface area contributed by atoms with Crippen LogP contribution in [0.5, 0.6) is 0 Å². The summed E-state index contributed by atoms with van der Waals surface area (Å²) in [7, 11) is 0. The van der Waals surface area contributed by atoms with Gasteiger partial charge in [0.05, 0.1) is 26.9 Å². The number of thiophene rings is 1. The fourth-order valence-corrected chi connectivity index (χ4v) is 8.94. The summed E-state index contributed by atoms with van der Waals surface area (Å²) in [5.74, 6) is 1.90. The van der Waals surface area contributed by atoms with E-state index in [-0.39, 0.29) is 0 Å². The van der Waals surface area contributed by atoms with Crippen LogP contribution < -0.4 is 0 Å². The normalized spacial score (nSPS) is 11.7. The summed E-state index contributed by atoms with van der Waals surface area (Å²) in [6.45, 7) is 0. The summed E-state index contributed by atoms with van der Waals surface area (Å²) in [5.41, 5.74) is 9.33. The molecule has 4 heterocycles. The molecule has 252 valence electrons. The van der Waals surface area contributed by atoms with Gasteiger partial charge in [0.1, 0.15) is 0 Å². The second kappa shape index (κ2) is 12.3. The van der Waals surface area contributed by atoms with Gasteiger partial charge >= 0.3 is 0 Å². The summed E-state index contributed by atoms with van der Waals surface area (Å²) in [6.07, 6.45) is 0. The molecule has 0 unspecified atom stereocenters. The van der Waals surface area contributed by atoms with Crippen molar-refractivity contribution in [3.63, 3.8) is 0 Å². The zero-order valence-corrected chi connectivity index (χ0v) is 29.7. The molecular weight excluding hydrogens is 679 g/mol. The van der Waals surface area contributed by atoms with Gasteiger partial charge in [0.2, 0.25) is 0 Å². The lowest BCUT2D eigenvalue weighted by atomic mass is 10.0. The van der Waals surface area contributed by atoms with Crippen LogP contribution in [0.25, 0.3) is 104 Å². The summed E-state index contributed by atoms with van der Waals surface area (Å²) in [6, 6.07) is 61.3. The number of aromatic nitrogens is 5. The second-order valence-corrected chi connectivity index (χ2v) is 14.5. The maximum atomic E-state index is 5.17. The van der Waals surface area contributed by atoms with E-state index in [0.717, 1.165) is 44.5 Å². The van der Waals surface area contributed by atoms with E-state index in [1.807, 2.05) is 36.4 Å². The Balaban J connectivity index is 1.08. The molecule has 54 heavy (non-hydrogen) atoms. The Morgan fingerprint density at radius 2 is 0.907 bits per heavy atom. The Morgan fingerprint density at radius 1 is 0.389 bits per heavy atom. The molecule has 4 aromatic heterocycles. The third-order valence-corrected chi connectivity index (χ3v) is 11.4. The standard InChI is InChI=1S/C48H29N5S/c1-3-13-30(14-4-1)44-45-43(37-19-7-10-20-39(37)49-44)38-29-33(25-28-42(38)54-45)48-51-46(31-15-5-2-6-16-31)50-47(52-48)32-23-26-34(27-24-32)53-40-21-11-8-17-35(40)36-18-9-12-22-41(36)53/h1-29H. The van der Waals surface area contributed by atoms with Gasteiger partial charge in [-0.2, -0.15) is 0 Å². The van der Waals surface area contributed by atoms with E-state index >= 15 is 0 Å². The van der Waals surface area contributed by atoms with Crippen LogP contribution >= 0.6 is 11.3 Å². The van der Waals surface area contributed by atoms with Gasteiger partial charge in [-0.15, -0.1) is 11.3 Å². The number of fused-ring (bicyclic) bond motifs is 8. The average Bonchev–Trinajstić information content (AvgIpc) is 3.80. The fraction of sp³-hybridized carbons (Fsp3) is 0. The van der Waals surface area contributed by atoms with Gasteiger partial charge in [0, 0.05) is 59.6 Å². The number of hydrogen-bond donors (Lipinski definition) is 0. The minimum absolute atomic E-state index is 0.629. The van der Waals surface area contributed by atoms with Gasteiger partial charge in [-0.3, -0.25) is 0 Å². The monoisotopic (exact) mass is 707 g/mol. The predicted octanol–water partition coefficient (Wildman–Crippen LogP) is 12.6. The van der Waals surface area contributed by atoms with Crippen molar-refractivity contribution in [1.82, 2.24) is 24.5 Å². The Morgan fingerprint density at radius 3 is 1.57 bits per heavy atom. The maximum Gasteiger partial charge on any atom is 0.164 e. The van der Waals surface area contributed by atoms with E-state index in [2.05, 4.69) is 144 Å². The van der Waals surface area contributed by atoms with Crippen LogP contribution in [0.15, 0.2) is 176 Å². The predicted molar refractivity (Wildman–Crippen MR) is 224 cm³/mol. The van der Waals surface area contributed by atoms with Crippen molar-refractivity contribution < 1.29 is 0 Å². The highest BCUT2D eigenvalue weighted by Gasteiger charge is 2.19. The van der Waals surface area contributed by atoms with Crippen molar-refractivity contribution in [3.05, 3.63) is 176 Å². The van der Waals surface area contributed by atoms with Crippen molar-refractivity contribution in [1.29, 1.82) is 0 Å². The Labute approximate surface area is 314 Å². The van der Waals surface area contributed by atoms with Crippen molar-refractivity contribution in [2.24, 2.45) is 0 Å². The van der Waals surface area contributed by atoms with E-state index in [0.29, 0.717) is 17.5 Å². The zero-order chi connectivity index (χ0) is 35.6. The van der Waals surface area contributed by atoms with Gasteiger partial charge in [0.25, 0.3) is 0 Å². The average molecular weight is 708 g/mol. The first-order valence-electron chi connectivity index (χ1n) is 18.0. The molecule has 0 radical (unpaired) electrons. The number of para-hydroxylation sites is 3. The second-order valence-electron chi connectivity index (χ2n) is 13.4. The number of hydrogen-bond acceptors (Lipinski definition) is 5. The molecule has 0 aliphatic carbocycles. The quantitative estimate of drug-likeness (QED) is 0.179. The van der Waals surface area contributed by atoms with Crippen LogP contribution in [0.2, 0.25) is 0 Å². The van der Waals surface area contributed by atoms with Crippen molar-refractivity contribution in [2.75, 3.05) is 0 Å². The lowest BCUT2D eigenvalue weighted by molar-refractivity contribution is 1.07. The van der Waals surface area contributed by atoms with Crippen molar-refractivity contribution >= 4 is 64.2 Å². The van der Waals surface area contributed by atoms with Gasteiger partial charge in [-0.05, 0) is 60.7 Å². The highest BCUT2D eigenvalue weighted by Crippen LogP contribution is 2.44. The first kappa shape index (κ1) is 30.6. The van der Waals surface area contributed by atoms with Crippen molar-refractivity contribution in [3.8, 4) is 51.1 Å². The molecule has 6 heteroatoms. The van der Waals surface area contributed by atoms with Crippen LogP contribution in [0, 0.1) is 0 Å². The molecule has 0 fully saturated rings. The van der Waals surface area contributed by atoms with Crippen LogP contribution in [0.3, 0.4) is 0 Å². The first-order valence-corrected chi connectivity index (χ1v) is 18.8. The minimum Gasteiger partial charge on any atom is -0.309 e. The van der Waals surface area contributed by atoms with Gasteiger partial charge in [0.15, 0.2) is 17.5 Å². The Bertz CT molecular complexity index is 3150. The lowest BCUT2D eigenvalue weighted by Crippen LogP contribution is -2.00. The van der Waals surface area contributed by atoms with Crippen LogP contribution in [0.4, 0.5) is 0 Å². The van der Waals surface area contributed by atoms with Crippen LogP contribution in [0.1, 0.15) is 0 Å². The highest BCUT2D eigenvalue weighted by molar-refractivity contribution is 7.26. The van der Waals surface area contributed by atoms with Crippen molar-refractivity contribution in [2.45, 2.75) is 0 Å². The van der Waals surface area contributed by atoms with E-state index in [4.69, 9.17) is 19.9 Å². The SMILES string of the molecule is c1ccc(-c2nc(-c3ccc(-n4c5ccccc5c5ccccc54)cc3)nc(-c3ccc4sc5c(-c6ccccc6)nc6ccccc6c5c4c3)n2)cc1. The highest BCUT2D eigenvalue weighted by atomic mass is 32.1. The molecule has 0 aliphatic rings. The van der Waals surface area contributed by atoms with Crippen LogP contribution in [-0.4, -0.2) is 24.5 Å². The number of benzene rings is 7. The summed E-state index contributed by atoms with van der Waals surface area (Å²) in [4.78, 5) is 20.5. The van der Waals surface area contributed by atoms with Gasteiger partial charge < -0.3 is 4.57 Å². The molecule has 7 aromatic carbocycles. The number of pyridine rings is 1. The van der Waals surface area contributed by atoms with E-state index in [1.54, 1.807) is 11.3 Å².